The number of allylic oxidation sites excluding steroid dienone is 1. The van der Waals surface area contributed by atoms with Crippen LogP contribution >= 0.6 is 11.6 Å². The Kier molecular flexibility index (Phi) is 6.27. The molecular weight excluding hydrogens is 336 g/mol. The smallest absolute Gasteiger partial charge is 0.252 e. The summed E-state index contributed by atoms with van der Waals surface area (Å²) in [7, 11) is 0. The van der Waals surface area contributed by atoms with Crippen molar-refractivity contribution in [3.63, 3.8) is 0 Å². The van der Waals surface area contributed by atoms with Gasteiger partial charge in [0.2, 0.25) is 0 Å². The molecule has 1 unspecified atom stereocenters. The minimum atomic E-state index is 0.0522. The minimum Gasteiger partial charge on any atom is -0.378 e. The molecule has 1 aromatic rings. The molecule has 1 amide bonds. The Morgan fingerprint density at radius 2 is 2.20 bits per heavy atom. The number of carbonyl (C=O) groups excluding carboxylic acids is 1. The lowest BCUT2D eigenvalue weighted by Crippen LogP contribution is -2.35. The Bertz CT molecular complexity index is 678. The topological polar surface area (TPSA) is 41.9 Å². The fraction of sp³-hybridized carbons (Fsp3) is 0.500. The van der Waals surface area contributed by atoms with Crippen molar-refractivity contribution in [1.82, 2.24) is 4.90 Å². The summed E-state index contributed by atoms with van der Waals surface area (Å²) < 4.78 is 5.82. The largest absolute Gasteiger partial charge is 0.378 e. The Hall–Kier alpha value is -1.65. The minimum absolute atomic E-state index is 0.0522. The monoisotopic (exact) mass is 360 g/mol. The average molecular weight is 361 g/mol. The molecule has 0 spiro atoms. The van der Waals surface area contributed by atoms with Crippen LogP contribution in [-0.2, 0) is 16.1 Å². The van der Waals surface area contributed by atoms with Gasteiger partial charge in [0.15, 0.2) is 0 Å². The zero-order chi connectivity index (χ0) is 17.6. The molecule has 1 saturated heterocycles. The number of ether oxygens (including phenoxy) is 1. The molecule has 1 aromatic carbocycles. The van der Waals surface area contributed by atoms with E-state index in [0.29, 0.717) is 24.7 Å². The number of halogens is 1. The molecule has 0 aromatic heterocycles. The van der Waals surface area contributed by atoms with Crippen molar-refractivity contribution in [2.75, 3.05) is 19.7 Å². The molecule has 2 aliphatic heterocycles. The molecule has 0 radical (unpaired) electrons. The number of nitrogens with zero attached hydrogens (tertiary/aromatic N) is 2. The summed E-state index contributed by atoms with van der Waals surface area (Å²) in [6.07, 6.45) is 6.44. The third kappa shape index (κ3) is 4.93. The number of amides is 1. The average Bonchev–Trinajstić information content (AvgIpc) is 3.07. The van der Waals surface area contributed by atoms with Gasteiger partial charge in [-0.1, -0.05) is 29.8 Å². The highest BCUT2D eigenvalue weighted by molar-refractivity contribution is 6.31. The molecule has 0 N–H and O–H groups in total. The SMILES string of the molecule is CC1=NCC(C(=O)N(CCC2CCCCO2)Cc2ccccc2Cl)=C1. The van der Waals surface area contributed by atoms with Crippen LogP contribution in [0.5, 0.6) is 0 Å². The van der Waals surface area contributed by atoms with Crippen molar-refractivity contribution in [1.29, 1.82) is 0 Å². The summed E-state index contributed by atoms with van der Waals surface area (Å²) >= 11 is 6.30. The second-order valence-corrected chi connectivity index (χ2v) is 7.13. The van der Waals surface area contributed by atoms with Gasteiger partial charge in [0, 0.05) is 36.0 Å². The number of benzene rings is 1. The molecule has 5 heteroatoms. The Labute approximate surface area is 154 Å². The quantitative estimate of drug-likeness (QED) is 0.768. The molecule has 1 atom stereocenters. The summed E-state index contributed by atoms with van der Waals surface area (Å²) in [6.45, 7) is 4.42. The van der Waals surface area contributed by atoms with Gasteiger partial charge in [0.1, 0.15) is 0 Å². The van der Waals surface area contributed by atoms with Gasteiger partial charge in [-0.05, 0) is 50.3 Å². The first-order valence-corrected chi connectivity index (χ1v) is 9.37. The van der Waals surface area contributed by atoms with Crippen molar-refractivity contribution in [2.45, 2.75) is 45.3 Å². The predicted molar refractivity (Wildman–Crippen MR) is 101 cm³/mol. The summed E-state index contributed by atoms with van der Waals surface area (Å²) in [4.78, 5) is 19.2. The summed E-state index contributed by atoms with van der Waals surface area (Å²) in [5.74, 6) is 0.0522. The maximum absolute atomic E-state index is 13.0. The van der Waals surface area contributed by atoms with Gasteiger partial charge in [-0.2, -0.15) is 0 Å². The maximum atomic E-state index is 13.0. The molecule has 0 bridgehead atoms. The number of hydrogen-bond donors (Lipinski definition) is 0. The first-order valence-electron chi connectivity index (χ1n) is 8.99. The van der Waals surface area contributed by atoms with E-state index < -0.39 is 0 Å². The highest BCUT2D eigenvalue weighted by Crippen LogP contribution is 2.21. The number of rotatable bonds is 6. The molecule has 1 fully saturated rings. The Morgan fingerprint density at radius 3 is 2.88 bits per heavy atom. The van der Waals surface area contributed by atoms with E-state index >= 15 is 0 Å². The molecule has 3 rings (SSSR count). The van der Waals surface area contributed by atoms with Crippen molar-refractivity contribution >= 4 is 23.2 Å². The van der Waals surface area contributed by atoms with Gasteiger partial charge < -0.3 is 9.64 Å². The van der Waals surface area contributed by atoms with Crippen LogP contribution in [0.4, 0.5) is 0 Å². The third-order valence-electron chi connectivity index (χ3n) is 4.76. The van der Waals surface area contributed by atoms with Gasteiger partial charge in [-0.25, -0.2) is 0 Å². The van der Waals surface area contributed by atoms with Gasteiger partial charge in [0.25, 0.3) is 5.91 Å². The number of hydrogen-bond acceptors (Lipinski definition) is 3. The molecule has 134 valence electrons. The van der Waals surface area contributed by atoms with Gasteiger partial charge in [-0.15, -0.1) is 0 Å². The lowest BCUT2D eigenvalue weighted by atomic mass is 10.1. The van der Waals surface area contributed by atoms with Crippen LogP contribution in [0.15, 0.2) is 40.9 Å². The Balaban J connectivity index is 1.69. The van der Waals surface area contributed by atoms with Gasteiger partial charge in [0.05, 0.1) is 12.6 Å². The zero-order valence-electron chi connectivity index (χ0n) is 14.7. The second kappa shape index (κ2) is 8.63. The number of aliphatic imine (C=N–C) groups is 1. The van der Waals surface area contributed by atoms with E-state index in [-0.39, 0.29) is 12.0 Å². The van der Waals surface area contributed by atoms with Crippen LogP contribution < -0.4 is 0 Å². The predicted octanol–water partition coefficient (Wildman–Crippen LogP) is 4.03. The van der Waals surface area contributed by atoms with Gasteiger partial charge >= 0.3 is 0 Å². The van der Waals surface area contributed by atoms with E-state index in [0.717, 1.165) is 42.7 Å². The van der Waals surface area contributed by atoms with Crippen molar-refractivity contribution in [3.8, 4) is 0 Å². The second-order valence-electron chi connectivity index (χ2n) is 6.72. The Morgan fingerprint density at radius 1 is 1.36 bits per heavy atom. The van der Waals surface area contributed by atoms with E-state index in [4.69, 9.17) is 16.3 Å². The fourth-order valence-electron chi connectivity index (χ4n) is 3.31. The van der Waals surface area contributed by atoms with Crippen molar-refractivity contribution in [2.24, 2.45) is 4.99 Å². The summed E-state index contributed by atoms with van der Waals surface area (Å²) in [5, 5.41) is 0.696. The summed E-state index contributed by atoms with van der Waals surface area (Å²) in [5.41, 5.74) is 2.64. The van der Waals surface area contributed by atoms with Crippen LogP contribution in [0.1, 0.15) is 38.2 Å². The highest BCUT2D eigenvalue weighted by atomic mass is 35.5. The number of carbonyl (C=O) groups is 1. The lowest BCUT2D eigenvalue weighted by molar-refractivity contribution is -0.128. The van der Waals surface area contributed by atoms with E-state index in [1.807, 2.05) is 42.2 Å². The molecule has 2 heterocycles. The van der Waals surface area contributed by atoms with E-state index in [1.165, 1.54) is 6.42 Å². The standard InChI is InChI=1S/C20H25ClN2O2/c1-15-12-17(13-22-15)20(24)23(10-9-18-7-4-5-11-25-18)14-16-6-2-3-8-19(16)21/h2-3,6,8,12,18H,4-5,7,9-11,13-14H2,1H3. The normalized spacial score (nSPS) is 20.2. The molecular formula is C20H25ClN2O2. The lowest BCUT2D eigenvalue weighted by Gasteiger charge is -2.28. The van der Waals surface area contributed by atoms with Crippen LogP contribution in [0.25, 0.3) is 0 Å². The van der Waals surface area contributed by atoms with Crippen molar-refractivity contribution in [3.05, 3.63) is 46.5 Å². The van der Waals surface area contributed by atoms with Gasteiger partial charge in [-0.3, -0.25) is 9.79 Å². The zero-order valence-corrected chi connectivity index (χ0v) is 15.5. The van der Waals surface area contributed by atoms with Crippen LogP contribution in [0, 0.1) is 0 Å². The molecule has 0 aliphatic carbocycles. The first-order chi connectivity index (χ1) is 12.1. The fourth-order valence-corrected chi connectivity index (χ4v) is 3.50. The first kappa shape index (κ1) is 18.2. The van der Waals surface area contributed by atoms with Crippen LogP contribution in [-0.4, -0.2) is 42.3 Å². The van der Waals surface area contributed by atoms with Crippen LogP contribution in [0.3, 0.4) is 0 Å². The van der Waals surface area contributed by atoms with E-state index in [1.54, 1.807) is 0 Å². The molecule has 0 saturated carbocycles. The van der Waals surface area contributed by atoms with E-state index in [2.05, 4.69) is 4.99 Å². The van der Waals surface area contributed by atoms with Crippen molar-refractivity contribution < 1.29 is 9.53 Å². The molecule has 2 aliphatic rings. The third-order valence-corrected chi connectivity index (χ3v) is 5.13. The summed E-state index contributed by atoms with van der Waals surface area (Å²) in [6, 6.07) is 7.71. The highest BCUT2D eigenvalue weighted by Gasteiger charge is 2.23. The van der Waals surface area contributed by atoms with Crippen LogP contribution in [0.2, 0.25) is 5.02 Å². The molecule has 4 nitrogen and oxygen atoms in total. The maximum Gasteiger partial charge on any atom is 0.252 e. The molecule has 25 heavy (non-hydrogen) atoms. The van der Waals surface area contributed by atoms with E-state index in [9.17, 15) is 4.79 Å².